The number of hydrogen-bond donors (Lipinski definition) is 4. The summed E-state index contributed by atoms with van der Waals surface area (Å²) in [5.41, 5.74) is -0.0971. The number of carbonyl (C=O) groups excluding carboxylic acids is 6. The number of anilines is 1. The summed E-state index contributed by atoms with van der Waals surface area (Å²) >= 11 is 6.33. The number of amides is 7. The molecule has 0 radical (unpaired) electrons. The highest BCUT2D eigenvalue weighted by molar-refractivity contribution is 7.84. The van der Waals surface area contributed by atoms with Crippen LogP contribution in [0.5, 0.6) is 0 Å². The average molecular weight is 566 g/mol. The number of alkyl halides is 1. The monoisotopic (exact) mass is 565 g/mol. The van der Waals surface area contributed by atoms with E-state index in [1.807, 2.05) is 0 Å². The van der Waals surface area contributed by atoms with Gasteiger partial charge in [0.25, 0.3) is 5.91 Å². The van der Waals surface area contributed by atoms with Crippen LogP contribution in [0.2, 0.25) is 0 Å². The first-order chi connectivity index (χ1) is 16.9. The number of nitrogens with zero attached hydrogens (tertiary/aromatic N) is 4. The summed E-state index contributed by atoms with van der Waals surface area (Å²) in [5.74, 6) is -5.09. The number of thiazole rings is 1. The summed E-state index contributed by atoms with van der Waals surface area (Å²) in [6.45, 7) is 1.31. The van der Waals surface area contributed by atoms with Crippen molar-refractivity contribution in [2.45, 2.75) is 19.0 Å². The van der Waals surface area contributed by atoms with Crippen LogP contribution in [0, 0.1) is 0 Å². The van der Waals surface area contributed by atoms with Crippen LogP contribution in [0.15, 0.2) is 5.38 Å². The summed E-state index contributed by atoms with van der Waals surface area (Å²) in [6, 6.07) is -4.04. The zero-order chi connectivity index (χ0) is 26.8. The van der Waals surface area contributed by atoms with Gasteiger partial charge in [-0.05, 0) is 6.92 Å². The normalized spacial score (nSPS) is 19.0. The van der Waals surface area contributed by atoms with Crippen LogP contribution in [-0.4, -0.2) is 106 Å². The molecule has 3 rings (SSSR count). The predicted octanol–water partition coefficient (Wildman–Crippen LogP) is -2.11. The van der Waals surface area contributed by atoms with E-state index in [1.165, 1.54) is 10.3 Å². The molecule has 2 aliphatic heterocycles. The van der Waals surface area contributed by atoms with E-state index >= 15 is 0 Å². The zero-order valence-corrected chi connectivity index (χ0v) is 20.9. The van der Waals surface area contributed by atoms with Crippen LogP contribution in [-0.2, 0) is 34.3 Å². The van der Waals surface area contributed by atoms with Crippen molar-refractivity contribution in [3.05, 3.63) is 11.1 Å². The summed E-state index contributed by atoms with van der Waals surface area (Å²) in [4.78, 5) is 79.7. The number of likely N-dealkylation sites (N-methyl/N-ethyl adjacent to an activating group) is 1. The zero-order valence-electron chi connectivity index (χ0n) is 18.5. The Kier molecular flexibility index (Phi) is 8.12. The molecule has 2 unspecified atom stereocenters. The van der Waals surface area contributed by atoms with Crippen LogP contribution in [0.25, 0.3) is 0 Å². The van der Waals surface area contributed by atoms with Gasteiger partial charge in [0.1, 0.15) is 11.9 Å². The number of β-lactam (4-membered cyclic amide) rings is 1. The number of hydrogen-bond acceptors (Lipinski definition) is 10. The lowest BCUT2D eigenvalue weighted by Gasteiger charge is -2.36. The Hall–Kier alpha value is -3.35. The number of urea groups is 1. The predicted molar refractivity (Wildman–Crippen MR) is 122 cm³/mol. The number of nitrogens with one attached hydrogen (secondary N) is 3. The molecular weight excluding hydrogens is 546 g/mol. The molecule has 2 aliphatic rings. The number of piperazine rings is 1. The molecule has 0 spiro atoms. The van der Waals surface area contributed by atoms with Crippen molar-refractivity contribution in [3.8, 4) is 0 Å². The van der Waals surface area contributed by atoms with Crippen LogP contribution in [0.1, 0.15) is 18.7 Å². The van der Waals surface area contributed by atoms with Crippen molar-refractivity contribution in [2.75, 3.05) is 37.4 Å². The van der Waals surface area contributed by atoms with Crippen molar-refractivity contribution in [1.29, 1.82) is 0 Å². The van der Waals surface area contributed by atoms with E-state index in [9.17, 15) is 37.2 Å². The fraction of sp³-hybridized carbons (Fsp3) is 0.471. The van der Waals surface area contributed by atoms with Gasteiger partial charge in [0.15, 0.2) is 11.2 Å². The fourth-order valence-electron chi connectivity index (χ4n) is 3.24. The van der Waals surface area contributed by atoms with Gasteiger partial charge in [0.05, 0.1) is 12.2 Å². The maximum absolute atomic E-state index is 13.0. The number of carbonyl (C=O) groups is 6. The van der Waals surface area contributed by atoms with E-state index in [2.05, 4.69) is 20.9 Å². The van der Waals surface area contributed by atoms with E-state index in [4.69, 9.17) is 16.2 Å². The molecule has 0 aliphatic carbocycles. The molecule has 4 N–H and O–H groups in total. The second kappa shape index (κ2) is 10.7. The number of halogens is 1. The molecule has 1 aromatic heterocycles. The van der Waals surface area contributed by atoms with Gasteiger partial charge >= 0.3 is 28.1 Å². The van der Waals surface area contributed by atoms with E-state index in [0.717, 1.165) is 11.3 Å². The molecule has 36 heavy (non-hydrogen) atoms. The molecule has 2 fully saturated rings. The Morgan fingerprint density at radius 2 is 1.94 bits per heavy atom. The second-order valence-electron chi connectivity index (χ2n) is 7.39. The highest BCUT2D eigenvalue weighted by Gasteiger charge is 2.46. The maximum Gasteiger partial charge on any atom is 0.362 e. The lowest BCUT2D eigenvalue weighted by molar-refractivity contribution is -0.153. The van der Waals surface area contributed by atoms with E-state index in [1.54, 1.807) is 6.92 Å². The summed E-state index contributed by atoms with van der Waals surface area (Å²) in [5, 5.41) is 8.20. The first kappa shape index (κ1) is 27.2. The maximum atomic E-state index is 13.0. The highest BCUT2D eigenvalue weighted by atomic mass is 35.5. The van der Waals surface area contributed by atoms with Crippen LogP contribution < -0.4 is 16.0 Å². The number of rotatable bonds is 8. The van der Waals surface area contributed by atoms with Crippen molar-refractivity contribution < 1.29 is 41.7 Å². The molecule has 16 nitrogen and oxygen atoms in total. The van der Waals surface area contributed by atoms with E-state index < -0.39 is 64.5 Å². The molecule has 0 bridgehead atoms. The number of aromatic nitrogens is 1. The molecule has 196 valence electrons. The van der Waals surface area contributed by atoms with Gasteiger partial charge in [0, 0.05) is 25.0 Å². The first-order valence-electron chi connectivity index (χ1n) is 10.2. The standard InChI is InChI=1S/C17H20ClN7O9S2/c1-2-23-3-4-24(15(30)14(23)29)17(31)22-11(9-7-35-16(20-9)21-10(26)5-18)12(27)19-8-6-25(13(8)28)36(32,33)34/h7-8,11H,2-6H2,1H3,(H,19,27)(H,22,31)(H,20,21,26)(H,32,33,34). The van der Waals surface area contributed by atoms with Crippen LogP contribution in [0.3, 0.4) is 0 Å². The van der Waals surface area contributed by atoms with Crippen molar-refractivity contribution in [3.63, 3.8) is 0 Å². The van der Waals surface area contributed by atoms with Crippen molar-refractivity contribution in [2.24, 2.45) is 0 Å². The minimum absolute atomic E-state index is 0.0304. The third-order valence-electron chi connectivity index (χ3n) is 5.14. The van der Waals surface area contributed by atoms with Gasteiger partial charge in [-0.15, -0.1) is 22.9 Å². The summed E-state index contributed by atoms with van der Waals surface area (Å²) < 4.78 is 31.3. The van der Waals surface area contributed by atoms with Crippen LogP contribution >= 0.6 is 22.9 Å². The van der Waals surface area contributed by atoms with Gasteiger partial charge < -0.3 is 20.9 Å². The SMILES string of the molecule is CCN1CCN(C(=O)NC(C(=O)NC2CN(S(=O)(=O)O)C2=O)c2csc(NC(=O)CCl)n2)C(=O)C1=O. The molecule has 2 atom stereocenters. The van der Waals surface area contributed by atoms with Gasteiger partial charge in [-0.1, -0.05) is 0 Å². The lowest BCUT2D eigenvalue weighted by Crippen LogP contribution is -2.66. The minimum Gasteiger partial charge on any atom is -0.340 e. The minimum atomic E-state index is -4.80. The number of imide groups is 1. The molecule has 0 aromatic carbocycles. The molecule has 1 aromatic rings. The fourth-order valence-corrected chi connectivity index (χ4v) is 4.75. The third-order valence-corrected chi connectivity index (χ3v) is 7.04. The second-order valence-corrected chi connectivity index (χ2v) is 9.85. The van der Waals surface area contributed by atoms with Gasteiger partial charge in [-0.2, -0.15) is 8.42 Å². The average Bonchev–Trinajstić information content (AvgIpc) is 3.27. The third kappa shape index (κ3) is 5.72. The largest absolute Gasteiger partial charge is 0.362 e. The lowest BCUT2D eigenvalue weighted by atomic mass is 10.1. The molecule has 0 saturated carbocycles. The van der Waals surface area contributed by atoms with Crippen molar-refractivity contribution >= 4 is 73.9 Å². The molecule has 7 amide bonds. The summed E-state index contributed by atoms with van der Waals surface area (Å²) in [6.07, 6.45) is 0. The first-order valence-corrected chi connectivity index (χ1v) is 13.0. The Morgan fingerprint density at radius 3 is 2.53 bits per heavy atom. The molecule has 3 heterocycles. The van der Waals surface area contributed by atoms with Gasteiger partial charge in [-0.25, -0.2) is 14.1 Å². The Morgan fingerprint density at radius 1 is 1.25 bits per heavy atom. The molecule has 2 saturated heterocycles. The van der Waals surface area contributed by atoms with Gasteiger partial charge in [0.2, 0.25) is 11.8 Å². The van der Waals surface area contributed by atoms with E-state index in [0.29, 0.717) is 4.90 Å². The Bertz CT molecular complexity index is 1220. The topological polar surface area (TPSA) is 215 Å². The van der Waals surface area contributed by atoms with Crippen molar-refractivity contribution in [1.82, 2.24) is 29.7 Å². The van der Waals surface area contributed by atoms with E-state index in [-0.39, 0.29) is 40.6 Å². The highest BCUT2D eigenvalue weighted by Crippen LogP contribution is 2.23. The Labute approximate surface area is 212 Å². The molecule has 19 heteroatoms. The van der Waals surface area contributed by atoms with Gasteiger partial charge in [-0.3, -0.25) is 33.4 Å². The summed E-state index contributed by atoms with van der Waals surface area (Å²) in [7, 11) is -4.80. The Balaban J connectivity index is 1.79. The molecular formula is C17H20ClN7O9S2. The smallest absolute Gasteiger partial charge is 0.340 e. The van der Waals surface area contributed by atoms with Crippen LogP contribution in [0.4, 0.5) is 9.93 Å². The quantitative estimate of drug-likeness (QED) is 0.116.